The summed E-state index contributed by atoms with van der Waals surface area (Å²) in [5.41, 5.74) is 2.00. The van der Waals surface area contributed by atoms with Gasteiger partial charge in [0.25, 0.3) is 0 Å². The smallest absolute Gasteiger partial charge is 0.192 e. The minimum Gasteiger partial charge on any atom is -0.299 e. The molecule has 0 saturated carbocycles. The molecule has 27 heavy (non-hydrogen) atoms. The van der Waals surface area contributed by atoms with E-state index in [1.807, 2.05) is 30.3 Å². The number of hydrogen-bond donors (Lipinski definition) is 0. The number of nitrogens with zero attached hydrogens (tertiary/aromatic N) is 4. The highest BCUT2D eigenvalue weighted by Crippen LogP contribution is 2.34. The molecule has 138 valence electrons. The van der Waals surface area contributed by atoms with E-state index in [1.165, 1.54) is 0 Å². The summed E-state index contributed by atoms with van der Waals surface area (Å²) in [4.78, 5) is 5.88. The number of hydrogen-bond acceptors (Lipinski definition) is 6. The third-order valence-corrected chi connectivity index (χ3v) is 7.02. The molecule has 0 unspecified atom stereocenters. The van der Waals surface area contributed by atoms with Crippen molar-refractivity contribution in [1.82, 2.24) is 19.7 Å². The molecule has 4 rings (SSSR count). The third-order valence-electron chi connectivity index (χ3n) is 3.93. The van der Waals surface area contributed by atoms with Crippen LogP contribution < -0.4 is 0 Å². The predicted molar refractivity (Wildman–Crippen MR) is 116 cm³/mol. The van der Waals surface area contributed by atoms with Crippen molar-refractivity contribution in [3.63, 3.8) is 0 Å². The molecule has 0 radical (unpaired) electrons. The zero-order valence-electron chi connectivity index (χ0n) is 14.8. The van der Waals surface area contributed by atoms with Gasteiger partial charge in [0, 0.05) is 22.7 Å². The molecule has 0 aliphatic rings. The van der Waals surface area contributed by atoms with Crippen LogP contribution in [0.1, 0.15) is 25.6 Å². The first kappa shape index (κ1) is 18.7. The summed E-state index contributed by atoms with van der Waals surface area (Å²) in [7, 11) is 0. The van der Waals surface area contributed by atoms with Gasteiger partial charge in [0.05, 0.1) is 15.6 Å². The number of aromatic nitrogens is 4. The number of thioether (sulfide) groups is 1. The SMILES string of the molecule is CC(C)n1c(SCc2csc(-c3ccccc3Cl)n2)nnc1-c1cccs1. The van der Waals surface area contributed by atoms with Crippen molar-refractivity contribution in [1.29, 1.82) is 0 Å². The molecule has 0 amide bonds. The monoisotopic (exact) mass is 432 g/mol. The standard InChI is InChI=1S/C19H17ClN4S3/c1-12(2)24-17(16-8-5-9-25-16)22-23-19(24)27-11-13-10-26-18(21-13)14-6-3-4-7-15(14)20/h3-10,12H,11H2,1-2H3. The number of thiophene rings is 1. The highest BCUT2D eigenvalue weighted by Gasteiger charge is 2.18. The fourth-order valence-electron chi connectivity index (χ4n) is 2.68. The van der Waals surface area contributed by atoms with Crippen LogP contribution in [0.5, 0.6) is 0 Å². The maximum absolute atomic E-state index is 6.29. The van der Waals surface area contributed by atoms with Gasteiger partial charge in [-0.05, 0) is 31.4 Å². The zero-order chi connectivity index (χ0) is 18.8. The van der Waals surface area contributed by atoms with E-state index in [2.05, 4.69) is 45.4 Å². The van der Waals surface area contributed by atoms with Crippen LogP contribution in [0.2, 0.25) is 5.02 Å². The summed E-state index contributed by atoms with van der Waals surface area (Å²) < 4.78 is 2.19. The molecule has 0 atom stereocenters. The summed E-state index contributed by atoms with van der Waals surface area (Å²) in [6.45, 7) is 4.31. The van der Waals surface area contributed by atoms with Crippen LogP contribution in [0.4, 0.5) is 0 Å². The number of thiazole rings is 1. The normalized spacial score (nSPS) is 11.4. The van der Waals surface area contributed by atoms with E-state index in [-0.39, 0.29) is 6.04 Å². The zero-order valence-corrected chi connectivity index (χ0v) is 18.0. The minimum absolute atomic E-state index is 0.286. The van der Waals surface area contributed by atoms with Crippen molar-refractivity contribution in [3.8, 4) is 21.3 Å². The van der Waals surface area contributed by atoms with Crippen LogP contribution in [0.3, 0.4) is 0 Å². The Balaban J connectivity index is 1.54. The first-order valence-electron chi connectivity index (χ1n) is 8.44. The lowest BCUT2D eigenvalue weighted by molar-refractivity contribution is 0.555. The molecule has 0 bridgehead atoms. The van der Waals surface area contributed by atoms with E-state index >= 15 is 0 Å². The van der Waals surface area contributed by atoms with Gasteiger partial charge in [0.15, 0.2) is 11.0 Å². The largest absolute Gasteiger partial charge is 0.299 e. The van der Waals surface area contributed by atoms with Gasteiger partial charge < -0.3 is 0 Å². The second-order valence-electron chi connectivity index (χ2n) is 6.16. The fraction of sp³-hybridized carbons (Fsp3) is 0.211. The highest BCUT2D eigenvalue weighted by atomic mass is 35.5. The summed E-state index contributed by atoms with van der Waals surface area (Å²) >= 11 is 11.3. The Morgan fingerprint density at radius 2 is 1.96 bits per heavy atom. The average molecular weight is 433 g/mol. The molecule has 0 fully saturated rings. The number of benzene rings is 1. The highest BCUT2D eigenvalue weighted by molar-refractivity contribution is 7.98. The Morgan fingerprint density at radius 3 is 2.70 bits per heavy atom. The minimum atomic E-state index is 0.286. The quantitative estimate of drug-likeness (QED) is 0.319. The van der Waals surface area contributed by atoms with E-state index in [4.69, 9.17) is 16.6 Å². The molecule has 0 saturated heterocycles. The molecule has 0 aliphatic carbocycles. The summed E-state index contributed by atoms with van der Waals surface area (Å²) in [5, 5.41) is 15.6. The Morgan fingerprint density at radius 1 is 1.11 bits per heavy atom. The van der Waals surface area contributed by atoms with E-state index in [0.717, 1.165) is 42.9 Å². The van der Waals surface area contributed by atoms with Crippen molar-refractivity contribution in [2.45, 2.75) is 30.8 Å². The molecule has 4 nitrogen and oxygen atoms in total. The third kappa shape index (κ3) is 3.96. The van der Waals surface area contributed by atoms with Crippen LogP contribution >= 0.6 is 46.0 Å². The van der Waals surface area contributed by atoms with Crippen LogP contribution in [0.15, 0.2) is 52.3 Å². The van der Waals surface area contributed by atoms with Crippen molar-refractivity contribution in [2.24, 2.45) is 0 Å². The van der Waals surface area contributed by atoms with E-state index in [1.54, 1.807) is 34.4 Å². The average Bonchev–Trinajstić information content (AvgIpc) is 3.39. The summed E-state index contributed by atoms with van der Waals surface area (Å²) in [6.07, 6.45) is 0. The second kappa shape index (κ2) is 8.14. The van der Waals surface area contributed by atoms with Gasteiger partial charge in [-0.15, -0.1) is 32.9 Å². The maximum Gasteiger partial charge on any atom is 0.192 e. The molecule has 4 aromatic rings. The molecule has 3 aromatic heterocycles. The molecular weight excluding hydrogens is 416 g/mol. The predicted octanol–water partition coefficient (Wildman–Crippen LogP) is 6.66. The van der Waals surface area contributed by atoms with Crippen molar-refractivity contribution in [3.05, 3.63) is 57.9 Å². The fourth-order valence-corrected chi connectivity index (χ4v) is 5.60. The van der Waals surface area contributed by atoms with E-state index in [0.29, 0.717) is 0 Å². The van der Waals surface area contributed by atoms with Crippen LogP contribution in [0.25, 0.3) is 21.3 Å². The Hall–Kier alpha value is -1.67. The Bertz CT molecular complexity index is 1040. The summed E-state index contributed by atoms with van der Waals surface area (Å²) in [6, 6.07) is 12.2. The topological polar surface area (TPSA) is 43.6 Å². The second-order valence-corrected chi connectivity index (χ2v) is 9.32. The molecule has 0 N–H and O–H groups in total. The molecule has 0 spiro atoms. The van der Waals surface area contributed by atoms with E-state index in [9.17, 15) is 0 Å². The molecule has 8 heteroatoms. The summed E-state index contributed by atoms with van der Waals surface area (Å²) in [5.74, 6) is 1.67. The van der Waals surface area contributed by atoms with Crippen LogP contribution in [-0.4, -0.2) is 19.7 Å². The van der Waals surface area contributed by atoms with E-state index < -0.39 is 0 Å². The van der Waals surface area contributed by atoms with Crippen molar-refractivity contribution >= 4 is 46.0 Å². The molecular formula is C19H17ClN4S3. The van der Waals surface area contributed by atoms with Gasteiger partial charge in [-0.3, -0.25) is 4.57 Å². The lowest BCUT2D eigenvalue weighted by atomic mass is 10.2. The molecule has 1 aromatic carbocycles. The Labute approximate surface area is 175 Å². The van der Waals surface area contributed by atoms with Gasteiger partial charge >= 0.3 is 0 Å². The number of halogens is 1. The molecule has 0 aliphatic heterocycles. The van der Waals surface area contributed by atoms with Gasteiger partial charge in [-0.25, -0.2) is 4.98 Å². The number of rotatable bonds is 6. The Kier molecular flexibility index (Phi) is 5.63. The van der Waals surface area contributed by atoms with Gasteiger partial charge in [0.1, 0.15) is 5.01 Å². The lowest BCUT2D eigenvalue weighted by Gasteiger charge is -2.12. The van der Waals surface area contributed by atoms with Gasteiger partial charge in [-0.2, -0.15) is 0 Å². The van der Waals surface area contributed by atoms with Gasteiger partial charge in [0.2, 0.25) is 0 Å². The molecule has 3 heterocycles. The van der Waals surface area contributed by atoms with Crippen molar-refractivity contribution in [2.75, 3.05) is 0 Å². The van der Waals surface area contributed by atoms with Crippen LogP contribution in [0, 0.1) is 0 Å². The maximum atomic E-state index is 6.29. The van der Waals surface area contributed by atoms with Crippen molar-refractivity contribution < 1.29 is 0 Å². The lowest BCUT2D eigenvalue weighted by Crippen LogP contribution is -2.04. The van der Waals surface area contributed by atoms with Gasteiger partial charge in [-0.1, -0.05) is 47.6 Å². The van der Waals surface area contributed by atoms with Crippen LogP contribution in [-0.2, 0) is 5.75 Å². The first-order chi connectivity index (χ1) is 13.1. The first-order valence-corrected chi connectivity index (χ1v) is 11.6.